The van der Waals surface area contributed by atoms with Crippen LogP contribution < -0.4 is 0 Å². The van der Waals surface area contributed by atoms with Gasteiger partial charge < -0.3 is 9.68 Å². The Morgan fingerprint density at radius 3 is 2.60 bits per heavy atom. The summed E-state index contributed by atoms with van der Waals surface area (Å²) in [5.74, 6) is -0.0226. The molecule has 15 heavy (non-hydrogen) atoms. The van der Waals surface area contributed by atoms with E-state index in [1.807, 2.05) is 38.1 Å². The summed E-state index contributed by atoms with van der Waals surface area (Å²) in [6.45, 7) is 7.90. The van der Waals surface area contributed by atoms with Crippen molar-refractivity contribution in [2.24, 2.45) is 0 Å². The van der Waals surface area contributed by atoms with Crippen LogP contribution in [0, 0.1) is 6.92 Å². The Kier molecular flexibility index (Phi) is 4.59. The Balaban J connectivity index is 2.62. The summed E-state index contributed by atoms with van der Waals surface area (Å²) in [5, 5.41) is 9.70. The second-order valence-electron chi connectivity index (χ2n) is 3.71. The van der Waals surface area contributed by atoms with E-state index in [9.17, 15) is 5.02 Å². The van der Waals surface area contributed by atoms with E-state index in [0.717, 1.165) is 5.56 Å². The van der Waals surface area contributed by atoms with Crippen LogP contribution in [0.5, 0.6) is 0 Å². The summed E-state index contributed by atoms with van der Waals surface area (Å²) in [6.07, 6.45) is 1.63. The van der Waals surface area contributed by atoms with E-state index < -0.39 is 7.12 Å². The minimum absolute atomic E-state index is 0.0226. The summed E-state index contributed by atoms with van der Waals surface area (Å²) in [5.41, 5.74) is 2.30. The molecule has 80 valence electrons. The van der Waals surface area contributed by atoms with Gasteiger partial charge in [-0.1, -0.05) is 42.8 Å². The number of aryl methyl sites for hydroxylation is 1. The number of benzene rings is 1. The molecule has 0 aromatic heterocycles. The smallest absolute Gasteiger partial charge is 0.427 e. The number of rotatable bonds is 5. The molecule has 1 N–H and O–H groups in total. The summed E-state index contributed by atoms with van der Waals surface area (Å²) >= 11 is 0. The van der Waals surface area contributed by atoms with Crippen molar-refractivity contribution < 1.29 is 9.68 Å². The molecular formula is C12H17BO2. The Bertz CT molecular complexity index is 308. The molecule has 0 spiro atoms. The zero-order chi connectivity index (χ0) is 11.3. The molecule has 0 saturated carbocycles. The standard InChI is InChI=1S/C12H17BO2/c1-4-9-15-13(14)11(3)12-7-5-10(2)6-8-12/h4-8,11,14H,1,9H2,2-3H3. The number of hydrogen-bond acceptors (Lipinski definition) is 2. The van der Waals surface area contributed by atoms with Gasteiger partial charge in [-0.25, -0.2) is 0 Å². The first kappa shape index (κ1) is 12.0. The van der Waals surface area contributed by atoms with Crippen LogP contribution >= 0.6 is 0 Å². The van der Waals surface area contributed by atoms with Gasteiger partial charge in [-0.15, -0.1) is 6.58 Å². The van der Waals surface area contributed by atoms with Crippen molar-refractivity contribution in [3.63, 3.8) is 0 Å². The molecule has 0 saturated heterocycles. The highest BCUT2D eigenvalue weighted by Crippen LogP contribution is 2.18. The lowest BCUT2D eigenvalue weighted by molar-refractivity contribution is 0.282. The van der Waals surface area contributed by atoms with Crippen LogP contribution in [-0.4, -0.2) is 18.7 Å². The minimum Gasteiger partial charge on any atom is -0.427 e. The average Bonchev–Trinajstić information content (AvgIpc) is 2.26. The molecule has 2 nitrogen and oxygen atoms in total. The average molecular weight is 204 g/mol. The minimum atomic E-state index is -0.772. The third kappa shape index (κ3) is 3.53. The van der Waals surface area contributed by atoms with E-state index in [0.29, 0.717) is 6.61 Å². The van der Waals surface area contributed by atoms with Crippen LogP contribution in [0.2, 0.25) is 0 Å². The van der Waals surface area contributed by atoms with Gasteiger partial charge in [0.05, 0.1) is 0 Å². The van der Waals surface area contributed by atoms with Crippen LogP contribution in [0.25, 0.3) is 0 Å². The molecule has 1 unspecified atom stereocenters. The molecule has 3 heteroatoms. The van der Waals surface area contributed by atoms with E-state index in [-0.39, 0.29) is 5.82 Å². The molecular weight excluding hydrogens is 187 g/mol. The van der Waals surface area contributed by atoms with Gasteiger partial charge in [0.2, 0.25) is 0 Å². The first-order valence-corrected chi connectivity index (χ1v) is 5.12. The zero-order valence-electron chi connectivity index (χ0n) is 9.31. The predicted octanol–water partition coefficient (Wildman–Crippen LogP) is 2.32. The van der Waals surface area contributed by atoms with Gasteiger partial charge >= 0.3 is 7.12 Å². The first-order valence-electron chi connectivity index (χ1n) is 5.12. The molecule has 1 rings (SSSR count). The van der Waals surface area contributed by atoms with E-state index in [2.05, 4.69) is 6.58 Å². The van der Waals surface area contributed by atoms with Crippen molar-refractivity contribution in [3.8, 4) is 0 Å². The van der Waals surface area contributed by atoms with Gasteiger partial charge in [0.15, 0.2) is 0 Å². The molecule has 0 bridgehead atoms. The van der Waals surface area contributed by atoms with Crippen LogP contribution in [0.15, 0.2) is 36.9 Å². The van der Waals surface area contributed by atoms with Crippen molar-refractivity contribution in [3.05, 3.63) is 48.0 Å². The van der Waals surface area contributed by atoms with Crippen LogP contribution in [0.1, 0.15) is 23.9 Å². The molecule has 1 atom stereocenters. The molecule has 0 aliphatic heterocycles. The lowest BCUT2D eigenvalue weighted by Crippen LogP contribution is -2.25. The monoisotopic (exact) mass is 204 g/mol. The van der Waals surface area contributed by atoms with Crippen molar-refractivity contribution in [1.29, 1.82) is 0 Å². The fraction of sp³-hybridized carbons (Fsp3) is 0.333. The maximum Gasteiger partial charge on any atom is 0.462 e. The molecule has 0 aliphatic rings. The van der Waals surface area contributed by atoms with Crippen LogP contribution in [-0.2, 0) is 4.65 Å². The summed E-state index contributed by atoms with van der Waals surface area (Å²) in [4.78, 5) is 0. The maximum atomic E-state index is 9.70. The fourth-order valence-corrected chi connectivity index (χ4v) is 1.35. The SMILES string of the molecule is C=CCOB(O)C(C)c1ccc(C)cc1. The zero-order valence-corrected chi connectivity index (χ0v) is 9.31. The molecule has 0 heterocycles. The van der Waals surface area contributed by atoms with E-state index in [1.54, 1.807) is 6.08 Å². The van der Waals surface area contributed by atoms with Gasteiger partial charge in [-0.2, -0.15) is 0 Å². The highest BCUT2D eigenvalue weighted by Gasteiger charge is 2.23. The lowest BCUT2D eigenvalue weighted by Gasteiger charge is -2.14. The second kappa shape index (κ2) is 5.74. The number of hydrogen-bond donors (Lipinski definition) is 1. The third-order valence-electron chi connectivity index (χ3n) is 2.42. The Morgan fingerprint density at radius 2 is 2.07 bits per heavy atom. The van der Waals surface area contributed by atoms with Gasteiger partial charge in [-0.05, 0) is 12.5 Å². The highest BCUT2D eigenvalue weighted by atomic mass is 16.5. The predicted molar refractivity (Wildman–Crippen MR) is 63.7 cm³/mol. The third-order valence-corrected chi connectivity index (χ3v) is 2.42. The molecule has 0 fully saturated rings. The topological polar surface area (TPSA) is 29.5 Å². The van der Waals surface area contributed by atoms with E-state index >= 15 is 0 Å². The summed E-state index contributed by atoms with van der Waals surface area (Å²) < 4.78 is 5.18. The molecule has 0 radical (unpaired) electrons. The molecule has 1 aromatic carbocycles. The first-order chi connectivity index (χ1) is 7.15. The Labute approximate surface area is 91.7 Å². The lowest BCUT2D eigenvalue weighted by atomic mass is 9.69. The normalized spacial score (nSPS) is 12.2. The fourth-order valence-electron chi connectivity index (χ4n) is 1.35. The molecule has 0 aliphatic carbocycles. The summed E-state index contributed by atoms with van der Waals surface area (Å²) in [6, 6.07) is 8.10. The van der Waals surface area contributed by atoms with Crippen molar-refractivity contribution in [2.45, 2.75) is 19.7 Å². The van der Waals surface area contributed by atoms with Crippen LogP contribution in [0.4, 0.5) is 0 Å². The van der Waals surface area contributed by atoms with Crippen molar-refractivity contribution >= 4 is 7.12 Å². The van der Waals surface area contributed by atoms with Crippen LogP contribution in [0.3, 0.4) is 0 Å². The summed E-state index contributed by atoms with van der Waals surface area (Å²) in [7, 11) is -0.772. The molecule has 1 aromatic rings. The van der Waals surface area contributed by atoms with Crippen molar-refractivity contribution in [1.82, 2.24) is 0 Å². The second-order valence-corrected chi connectivity index (χ2v) is 3.71. The highest BCUT2D eigenvalue weighted by molar-refractivity contribution is 6.44. The maximum absolute atomic E-state index is 9.70. The quantitative estimate of drug-likeness (QED) is 0.589. The van der Waals surface area contributed by atoms with Crippen molar-refractivity contribution in [2.75, 3.05) is 6.61 Å². The Hall–Kier alpha value is -1.06. The van der Waals surface area contributed by atoms with Gasteiger partial charge in [0.1, 0.15) is 0 Å². The van der Waals surface area contributed by atoms with E-state index in [4.69, 9.17) is 4.65 Å². The molecule has 0 amide bonds. The Morgan fingerprint density at radius 1 is 1.47 bits per heavy atom. The van der Waals surface area contributed by atoms with Gasteiger partial charge in [-0.3, -0.25) is 0 Å². The largest absolute Gasteiger partial charge is 0.462 e. The van der Waals surface area contributed by atoms with E-state index in [1.165, 1.54) is 5.56 Å². The van der Waals surface area contributed by atoms with Gasteiger partial charge in [0, 0.05) is 12.4 Å². The van der Waals surface area contributed by atoms with Gasteiger partial charge in [0.25, 0.3) is 0 Å².